The van der Waals surface area contributed by atoms with E-state index in [4.69, 9.17) is 0 Å². The molecule has 0 saturated heterocycles. The molecule has 254 valence electrons. The summed E-state index contributed by atoms with van der Waals surface area (Å²) in [6, 6.07) is 24.6. The fourth-order valence-electron chi connectivity index (χ4n) is 7.05. The second-order valence-electron chi connectivity index (χ2n) is 14.2. The maximum atomic E-state index is 2.60. The number of unbranched alkanes of at least 4 members (excludes halogenated alkanes) is 16. The summed E-state index contributed by atoms with van der Waals surface area (Å²) < 4.78 is 0. The van der Waals surface area contributed by atoms with Crippen LogP contribution in [0.15, 0.2) is 60.7 Å². The van der Waals surface area contributed by atoms with Crippen LogP contribution in [0.3, 0.4) is 0 Å². The van der Waals surface area contributed by atoms with E-state index in [1.807, 2.05) is 0 Å². The molecule has 0 spiro atoms. The highest BCUT2D eigenvalue weighted by Gasteiger charge is 2.14. The number of hydrogen-bond acceptors (Lipinski definition) is 0. The van der Waals surface area contributed by atoms with Crippen molar-refractivity contribution in [3.05, 3.63) is 82.9 Å². The highest BCUT2D eigenvalue weighted by molar-refractivity contribution is 5.77. The molecule has 0 heterocycles. The molecule has 0 nitrogen and oxygen atoms in total. The van der Waals surface area contributed by atoms with E-state index < -0.39 is 0 Å². The number of benzene rings is 3. The average molecular weight is 623 g/mol. The maximum Gasteiger partial charge on any atom is -0.0149 e. The van der Waals surface area contributed by atoms with Crippen LogP contribution in [0.5, 0.6) is 0 Å². The molecule has 3 aromatic rings. The quantitative estimate of drug-likeness (QED) is 0.0781. The Hall–Kier alpha value is -2.34. The third-order valence-corrected chi connectivity index (χ3v) is 10.1. The lowest BCUT2D eigenvalue weighted by molar-refractivity contribution is 0.607. The molecule has 0 heteroatoms. The Bertz CT molecular complexity index is 1070. The molecule has 0 radical (unpaired) electrons. The maximum absolute atomic E-state index is 2.60. The molecule has 0 N–H and O–H groups in total. The molecule has 0 aliphatic carbocycles. The van der Waals surface area contributed by atoms with Gasteiger partial charge >= 0.3 is 0 Å². The Balaban J connectivity index is 1.83. The van der Waals surface area contributed by atoms with E-state index in [1.165, 1.54) is 187 Å². The Morgan fingerprint density at radius 2 is 0.587 bits per heavy atom. The van der Waals surface area contributed by atoms with Gasteiger partial charge in [0.2, 0.25) is 0 Å². The first-order chi connectivity index (χ1) is 22.7. The molecule has 0 bridgehead atoms. The fraction of sp³-hybridized carbons (Fsp3) is 0.609. The van der Waals surface area contributed by atoms with E-state index >= 15 is 0 Å². The molecular formula is C46H70. The van der Waals surface area contributed by atoms with E-state index in [1.54, 1.807) is 11.1 Å². The molecule has 0 saturated carbocycles. The van der Waals surface area contributed by atoms with Crippen molar-refractivity contribution in [2.24, 2.45) is 0 Å². The molecule has 0 aliphatic heterocycles. The molecule has 0 amide bonds. The van der Waals surface area contributed by atoms with E-state index in [9.17, 15) is 0 Å². The molecule has 3 aromatic carbocycles. The Morgan fingerprint density at radius 3 is 0.935 bits per heavy atom. The van der Waals surface area contributed by atoms with Gasteiger partial charge in [-0.25, -0.2) is 0 Å². The summed E-state index contributed by atoms with van der Waals surface area (Å²) in [5.74, 6) is 0. The minimum Gasteiger partial charge on any atom is -0.0654 e. The fourth-order valence-corrected chi connectivity index (χ4v) is 7.05. The van der Waals surface area contributed by atoms with Gasteiger partial charge in [-0.15, -0.1) is 0 Å². The first kappa shape index (κ1) is 38.1. The zero-order valence-corrected chi connectivity index (χ0v) is 30.7. The van der Waals surface area contributed by atoms with Gasteiger partial charge in [-0.05, 0) is 95.9 Å². The largest absolute Gasteiger partial charge is 0.0654 e. The van der Waals surface area contributed by atoms with Crippen molar-refractivity contribution in [1.82, 2.24) is 0 Å². The predicted octanol–water partition coefficient (Wildman–Crippen LogP) is 15.1. The highest BCUT2D eigenvalue weighted by Crippen LogP contribution is 2.35. The van der Waals surface area contributed by atoms with Crippen molar-refractivity contribution in [2.75, 3.05) is 0 Å². The second kappa shape index (κ2) is 23.9. The normalized spacial score (nSPS) is 11.4. The first-order valence-electron chi connectivity index (χ1n) is 20.0. The minimum atomic E-state index is 1.17. The van der Waals surface area contributed by atoms with Crippen LogP contribution in [0, 0.1) is 0 Å². The van der Waals surface area contributed by atoms with Gasteiger partial charge in [0, 0.05) is 0 Å². The van der Waals surface area contributed by atoms with Gasteiger partial charge in [-0.3, -0.25) is 0 Å². The van der Waals surface area contributed by atoms with E-state index in [0.717, 1.165) is 0 Å². The number of aryl methyl sites for hydroxylation is 4. The van der Waals surface area contributed by atoms with Crippen molar-refractivity contribution in [3.8, 4) is 22.3 Å². The zero-order chi connectivity index (χ0) is 32.7. The summed E-state index contributed by atoms with van der Waals surface area (Å²) in [5, 5.41) is 0. The topological polar surface area (TPSA) is 0 Å². The minimum absolute atomic E-state index is 1.17. The Kier molecular flexibility index (Phi) is 19.8. The molecular weight excluding hydrogens is 553 g/mol. The lowest BCUT2D eigenvalue weighted by Gasteiger charge is -2.18. The Labute approximate surface area is 286 Å². The third kappa shape index (κ3) is 14.2. The lowest BCUT2D eigenvalue weighted by atomic mass is 9.86. The molecule has 0 aliphatic rings. The molecule has 0 atom stereocenters. The van der Waals surface area contributed by atoms with Crippen LogP contribution in [0.1, 0.15) is 178 Å². The van der Waals surface area contributed by atoms with Crippen LogP contribution < -0.4 is 0 Å². The standard InChI is InChI=1S/C46H70/c1-5-9-13-17-19-21-25-39-29-33-41(34-30-39)45-37-44(28-24-16-12-8-4)46(38-43(45)27-23-15-11-7-3)42-35-31-40(32-36-42)26-22-20-18-14-10-6-2/h29-38H,5-28H2,1-4H3. The van der Waals surface area contributed by atoms with Gasteiger partial charge in [0.25, 0.3) is 0 Å². The van der Waals surface area contributed by atoms with Crippen molar-refractivity contribution >= 4 is 0 Å². The van der Waals surface area contributed by atoms with Crippen LogP contribution in [-0.4, -0.2) is 0 Å². The Morgan fingerprint density at radius 1 is 0.304 bits per heavy atom. The first-order valence-corrected chi connectivity index (χ1v) is 20.0. The highest BCUT2D eigenvalue weighted by atomic mass is 14.2. The lowest BCUT2D eigenvalue weighted by Crippen LogP contribution is -1.99. The predicted molar refractivity (Wildman–Crippen MR) is 207 cm³/mol. The van der Waals surface area contributed by atoms with Gasteiger partial charge in [-0.1, -0.05) is 191 Å². The zero-order valence-electron chi connectivity index (χ0n) is 30.7. The van der Waals surface area contributed by atoms with Crippen LogP contribution >= 0.6 is 0 Å². The van der Waals surface area contributed by atoms with Gasteiger partial charge in [0.05, 0.1) is 0 Å². The van der Waals surface area contributed by atoms with Gasteiger partial charge < -0.3 is 0 Å². The second-order valence-corrected chi connectivity index (χ2v) is 14.2. The smallest absolute Gasteiger partial charge is 0.0149 e. The monoisotopic (exact) mass is 623 g/mol. The number of hydrogen-bond donors (Lipinski definition) is 0. The third-order valence-electron chi connectivity index (χ3n) is 10.1. The molecule has 0 fully saturated rings. The average Bonchev–Trinajstić information content (AvgIpc) is 3.09. The summed E-state index contributed by atoms with van der Waals surface area (Å²) in [6.07, 6.45) is 31.6. The summed E-state index contributed by atoms with van der Waals surface area (Å²) >= 11 is 0. The van der Waals surface area contributed by atoms with E-state index in [0.29, 0.717) is 0 Å². The van der Waals surface area contributed by atoms with Crippen molar-refractivity contribution in [3.63, 3.8) is 0 Å². The van der Waals surface area contributed by atoms with Gasteiger partial charge in [-0.2, -0.15) is 0 Å². The summed E-state index contributed by atoms with van der Waals surface area (Å²) in [6.45, 7) is 9.24. The van der Waals surface area contributed by atoms with E-state index in [2.05, 4.69) is 88.4 Å². The SMILES string of the molecule is CCCCCCCCc1ccc(-c2cc(CCCCCC)c(-c3ccc(CCCCCCCC)cc3)cc2CCCCCC)cc1. The van der Waals surface area contributed by atoms with Crippen molar-refractivity contribution < 1.29 is 0 Å². The van der Waals surface area contributed by atoms with Gasteiger partial charge in [0.1, 0.15) is 0 Å². The van der Waals surface area contributed by atoms with Crippen molar-refractivity contribution in [2.45, 2.75) is 182 Å². The molecule has 0 unspecified atom stereocenters. The van der Waals surface area contributed by atoms with Crippen LogP contribution in [-0.2, 0) is 25.7 Å². The number of rotatable bonds is 26. The van der Waals surface area contributed by atoms with Crippen LogP contribution in [0.25, 0.3) is 22.3 Å². The summed E-state index contributed by atoms with van der Waals surface area (Å²) in [7, 11) is 0. The summed E-state index contributed by atoms with van der Waals surface area (Å²) in [5.41, 5.74) is 11.9. The molecule has 0 aromatic heterocycles. The van der Waals surface area contributed by atoms with E-state index in [-0.39, 0.29) is 0 Å². The summed E-state index contributed by atoms with van der Waals surface area (Å²) in [4.78, 5) is 0. The van der Waals surface area contributed by atoms with Crippen molar-refractivity contribution in [1.29, 1.82) is 0 Å². The van der Waals surface area contributed by atoms with Crippen LogP contribution in [0.2, 0.25) is 0 Å². The van der Waals surface area contributed by atoms with Crippen LogP contribution in [0.4, 0.5) is 0 Å². The van der Waals surface area contributed by atoms with Gasteiger partial charge in [0.15, 0.2) is 0 Å². The molecule has 46 heavy (non-hydrogen) atoms. The molecule has 3 rings (SSSR count).